The number of furan rings is 1. The lowest BCUT2D eigenvalue weighted by molar-refractivity contribution is 0.0517. The quantitative estimate of drug-likeness (QED) is 0.758. The number of aromatic nitrogens is 3. The molecule has 2 aromatic heterocycles. The minimum absolute atomic E-state index is 0.298. The molecule has 0 unspecified atom stereocenters. The fourth-order valence-corrected chi connectivity index (χ4v) is 1.96. The molecule has 2 rings (SSSR count). The molecule has 0 N–H and O–H groups in total. The summed E-state index contributed by atoms with van der Waals surface area (Å²) < 4.78 is 12.0. The van der Waals surface area contributed by atoms with Crippen LogP contribution < -0.4 is 0 Å². The van der Waals surface area contributed by atoms with Gasteiger partial charge in [-0.2, -0.15) is 0 Å². The van der Waals surface area contributed by atoms with Gasteiger partial charge in [-0.25, -0.2) is 9.48 Å². The second kappa shape index (κ2) is 6.36. The van der Waals surface area contributed by atoms with E-state index in [0.29, 0.717) is 31.2 Å². The molecule has 0 saturated carbocycles. The third-order valence-corrected chi connectivity index (χ3v) is 2.79. The maximum Gasteiger partial charge on any atom is 0.360 e. The number of carbonyl (C=O) groups is 1. The molecule has 0 saturated heterocycles. The highest BCUT2D eigenvalue weighted by atomic mass is 16.5. The molecular formula is C14H19N3O3. The first-order valence-electron chi connectivity index (χ1n) is 6.73. The van der Waals surface area contributed by atoms with Gasteiger partial charge in [0, 0.05) is 0 Å². The van der Waals surface area contributed by atoms with Crippen LogP contribution in [0.25, 0.3) is 0 Å². The highest BCUT2D eigenvalue weighted by Gasteiger charge is 2.21. The lowest BCUT2D eigenvalue weighted by atomic mass is 10.1. The molecule has 0 amide bonds. The molecule has 2 heterocycles. The Bertz CT molecular complexity index is 558. The largest absolute Gasteiger partial charge is 0.467 e. The summed E-state index contributed by atoms with van der Waals surface area (Å²) in [4.78, 5) is 11.9. The second-order valence-electron chi connectivity index (χ2n) is 4.94. The topological polar surface area (TPSA) is 70.2 Å². The second-order valence-corrected chi connectivity index (χ2v) is 4.94. The van der Waals surface area contributed by atoms with Gasteiger partial charge in [-0.05, 0) is 31.4 Å². The third kappa shape index (κ3) is 3.26. The van der Waals surface area contributed by atoms with Gasteiger partial charge < -0.3 is 9.15 Å². The normalized spacial score (nSPS) is 11.0. The van der Waals surface area contributed by atoms with Crippen molar-refractivity contribution in [2.24, 2.45) is 5.92 Å². The van der Waals surface area contributed by atoms with Crippen molar-refractivity contribution in [2.75, 3.05) is 6.61 Å². The molecular weight excluding hydrogens is 258 g/mol. The van der Waals surface area contributed by atoms with E-state index in [2.05, 4.69) is 24.2 Å². The van der Waals surface area contributed by atoms with Crippen LogP contribution in [-0.4, -0.2) is 27.6 Å². The van der Waals surface area contributed by atoms with Crippen molar-refractivity contribution in [3.8, 4) is 0 Å². The first kappa shape index (κ1) is 14.3. The van der Waals surface area contributed by atoms with Crippen LogP contribution in [-0.2, 0) is 17.7 Å². The summed E-state index contributed by atoms with van der Waals surface area (Å²) in [7, 11) is 0. The van der Waals surface area contributed by atoms with Crippen molar-refractivity contribution < 1.29 is 13.9 Å². The molecule has 0 radical (unpaired) electrons. The highest BCUT2D eigenvalue weighted by Crippen LogP contribution is 2.15. The summed E-state index contributed by atoms with van der Waals surface area (Å²) in [6.07, 6.45) is 2.32. The molecule has 0 fully saturated rings. The van der Waals surface area contributed by atoms with Gasteiger partial charge in [-0.1, -0.05) is 19.1 Å². The number of carbonyl (C=O) groups excluding carboxylic acids is 1. The predicted octanol–water partition coefficient (Wildman–Crippen LogP) is 2.29. The summed E-state index contributed by atoms with van der Waals surface area (Å²) >= 11 is 0. The molecule has 0 bridgehead atoms. The van der Waals surface area contributed by atoms with Gasteiger partial charge in [0.25, 0.3) is 0 Å². The average Bonchev–Trinajstić information content (AvgIpc) is 3.01. The Hall–Kier alpha value is -2.11. The van der Waals surface area contributed by atoms with Crippen molar-refractivity contribution in [3.05, 3.63) is 35.5 Å². The molecule has 108 valence electrons. The van der Waals surface area contributed by atoms with E-state index in [0.717, 1.165) is 11.5 Å². The van der Waals surface area contributed by atoms with E-state index in [-0.39, 0.29) is 0 Å². The summed E-state index contributed by atoms with van der Waals surface area (Å²) in [6, 6.07) is 3.69. The van der Waals surface area contributed by atoms with Gasteiger partial charge in [0.1, 0.15) is 12.3 Å². The van der Waals surface area contributed by atoms with Crippen LogP contribution in [0.1, 0.15) is 42.7 Å². The maximum atomic E-state index is 11.9. The predicted molar refractivity (Wildman–Crippen MR) is 72.3 cm³/mol. The van der Waals surface area contributed by atoms with Crippen LogP contribution in [0.3, 0.4) is 0 Å². The Morgan fingerprint density at radius 3 is 2.90 bits per heavy atom. The SMILES string of the molecule is CCOC(=O)c1nnn(Cc2ccco2)c1CC(C)C. The number of hydrogen-bond acceptors (Lipinski definition) is 5. The van der Waals surface area contributed by atoms with E-state index in [1.54, 1.807) is 17.9 Å². The smallest absolute Gasteiger partial charge is 0.360 e. The van der Waals surface area contributed by atoms with Crippen molar-refractivity contribution in [1.29, 1.82) is 0 Å². The molecule has 0 aromatic carbocycles. The number of ether oxygens (including phenoxy) is 1. The first-order chi connectivity index (χ1) is 9.61. The van der Waals surface area contributed by atoms with E-state index >= 15 is 0 Å². The minimum Gasteiger partial charge on any atom is -0.467 e. The fraction of sp³-hybridized carbons (Fsp3) is 0.500. The van der Waals surface area contributed by atoms with E-state index in [4.69, 9.17) is 9.15 Å². The number of hydrogen-bond donors (Lipinski definition) is 0. The summed E-state index contributed by atoms with van der Waals surface area (Å²) in [5.41, 5.74) is 1.09. The van der Waals surface area contributed by atoms with E-state index in [1.165, 1.54) is 0 Å². The zero-order valence-corrected chi connectivity index (χ0v) is 12.0. The zero-order valence-electron chi connectivity index (χ0n) is 12.0. The Labute approximate surface area is 117 Å². The van der Waals surface area contributed by atoms with Crippen LogP contribution in [0.4, 0.5) is 0 Å². The van der Waals surface area contributed by atoms with E-state index in [9.17, 15) is 4.79 Å². The van der Waals surface area contributed by atoms with Crippen LogP contribution in [0, 0.1) is 5.92 Å². The third-order valence-electron chi connectivity index (χ3n) is 2.79. The van der Waals surface area contributed by atoms with Gasteiger partial charge in [0.05, 0.1) is 18.6 Å². The van der Waals surface area contributed by atoms with Gasteiger partial charge in [-0.15, -0.1) is 5.10 Å². The van der Waals surface area contributed by atoms with Crippen LogP contribution in [0.2, 0.25) is 0 Å². The fourth-order valence-electron chi connectivity index (χ4n) is 1.96. The molecule has 6 nitrogen and oxygen atoms in total. The summed E-state index contributed by atoms with van der Waals surface area (Å²) in [6.45, 7) is 6.72. The van der Waals surface area contributed by atoms with Crippen LogP contribution in [0.5, 0.6) is 0 Å². The molecule has 2 aromatic rings. The summed E-state index contributed by atoms with van der Waals surface area (Å²) in [5, 5.41) is 8.02. The standard InChI is InChI=1S/C14H19N3O3/c1-4-19-14(18)13-12(8-10(2)3)17(16-15-13)9-11-6-5-7-20-11/h5-7,10H,4,8-9H2,1-3H3. The molecule has 0 atom stereocenters. The summed E-state index contributed by atoms with van der Waals surface area (Å²) in [5.74, 6) is 0.737. The minimum atomic E-state index is -0.422. The molecule has 0 aliphatic heterocycles. The van der Waals surface area contributed by atoms with Gasteiger partial charge in [0.2, 0.25) is 0 Å². The molecule has 6 heteroatoms. The van der Waals surface area contributed by atoms with Crippen LogP contribution in [0.15, 0.2) is 22.8 Å². The number of rotatable bonds is 6. The van der Waals surface area contributed by atoms with Crippen LogP contribution >= 0.6 is 0 Å². The first-order valence-corrected chi connectivity index (χ1v) is 6.73. The Balaban J connectivity index is 2.29. The van der Waals surface area contributed by atoms with Crippen molar-refractivity contribution in [1.82, 2.24) is 15.0 Å². The van der Waals surface area contributed by atoms with Crippen molar-refractivity contribution >= 4 is 5.97 Å². The van der Waals surface area contributed by atoms with Gasteiger partial charge in [0.15, 0.2) is 5.69 Å². The highest BCUT2D eigenvalue weighted by molar-refractivity contribution is 5.88. The monoisotopic (exact) mass is 277 g/mol. The number of nitrogens with zero attached hydrogens (tertiary/aromatic N) is 3. The number of esters is 1. The molecule has 0 aliphatic rings. The zero-order chi connectivity index (χ0) is 14.5. The Kier molecular flexibility index (Phi) is 4.55. The van der Waals surface area contributed by atoms with Crippen molar-refractivity contribution in [2.45, 2.75) is 33.7 Å². The van der Waals surface area contributed by atoms with Gasteiger partial charge in [-0.3, -0.25) is 0 Å². The Morgan fingerprint density at radius 2 is 2.30 bits per heavy atom. The average molecular weight is 277 g/mol. The molecule has 0 spiro atoms. The maximum absolute atomic E-state index is 11.9. The van der Waals surface area contributed by atoms with E-state index in [1.807, 2.05) is 12.1 Å². The van der Waals surface area contributed by atoms with Crippen molar-refractivity contribution in [3.63, 3.8) is 0 Å². The van der Waals surface area contributed by atoms with E-state index < -0.39 is 5.97 Å². The molecule has 20 heavy (non-hydrogen) atoms. The molecule has 0 aliphatic carbocycles. The lowest BCUT2D eigenvalue weighted by Crippen LogP contribution is -2.13. The van der Waals surface area contributed by atoms with Gasteiger partial charge >= 0.3 is 5.97 Å². The lowest BCUT2D eigenvalue weighted by Gasteiger charge is -2.09. The Morgan fingerprint density at radius 1 is 1.50 bits per heavy atom.